The number of piperidine rings is 1. The normalized spacial score (nSPS) is 27.9. The number of carbonyl (C=O) groups excluding carboxylic acids is 1. The highest BCUT2D eigenvalue weighted by molar-refractivity contribution is 5.85. The Kier molecular flexibility index (Phi) is 6.53. The second-order valence-electron chi connectivity index (χ2n) is 6.87. The first-order chi connectivity index (χ1) is 10.8. The van der Waals surface area contributed by atoms with Crippen molar-refractivity contribution in [2.45, 2.75) is 31.9 Å². The van der Waals surface area contributed by atoms with Crippen molar-refractivity contribution in [2.75, 3.05) is 32.8 Å². The van der Waals surface area contributed by atoms with Crippen LogP contribution in [0.3, 0.4) is 0 Å². The molecule has 136 valence electrons. The van der Waals surface area contributed by atoms with Crippen LogP contribution in [0.4, 0.5) is 0 Å². The van der Waals surface area contributed by atoms with Gasteiger partial charge in [-0.3, -0.25) is 9.48 Å². The summed E-state index contributed by atoms with van der Waals surface area (Å²) in [5, 5.41) is 7.62. The summed E-state index contributed by atoms with van der Waals surface area (Å²) in [6, 6.07) is 1.91. The average Bonchev–Trinajstić information content (AvgIpc) is 2.98. The molecule has 2 saturated heterocycles. The van der Waals surface area contributed by atoms with Gasteiger partial charge in [0.1, 0.15) is 0 Å². The third kappa shape index (κ3) is 3.87. The highest BCUT2D eigenvalue weighted by atomic mass is 35.5. The van der Waals surface area contributed by atoms with Crippen molar-refractivity contribution in [1.82, 2.24) is 20.0 Å². The van der Waals surface area contributed by atoms with Gasteiger partial charge in [-0.1, -0.05) is 0 Å². The molecule has 6 nitrogen and oxygen atoms in total. The van der Waals surface area contributed by atoms with E-state index in [1.54, 1.807) is 6.20 Å². The summed E-state index contributed by atoms with van der Waals surface area (Å²) < 4.78 is 7.68. The molecule has 1 aromatic rings. The number of nitrogens with one attached hydrogen (secondary N) is 1. The first kappa shape index (κ1) is 19.5. The van der Waals surface area contributed by atoms with Crippen LogP contribution in [0.2, 0.25) is 0 Å². The summed E-state index contributed by atoms with van der Waals surface area (Å²) in [6.07, 6.45) is 7.18. The van der Waals surface area contributed by atoms with E-state index in [1.807, 2.05) is 21.8 Å². The Hall–Kier alpha value is -0.820. The van der Waals surface area contributed by atoms with Crippen LogP contribution >= 0.6 is 24.8 Å². The molecule has 1 spiro atoms. The minimum Gasteiger partial charge on any atom is -0.373 e. The second kappa shape index (κ2) is 8.04. The van der Waals surface area contributed by atoms with Gasteiger partial charge in [-0.15, -0.1) is 24.8 Å². The monoisotopic (exact) mass is 376 g/mol. The van der Waals surface area contributed by atoms with Gasteiger partial charge in [0.05, 0.1) is 19.3 Å². The van der Waals surface area contributed by atoms with Crippen LogP contribution in [0, 0.1) is 11.3 Å². The molecule has 2 unspecified atom stereocenters. The predicted molar refractivity (Wildman–Crippen MR) is 95.7 cm³/mol. The number of aromatic nitrogens is 2. The van der Waals surface area contributed by atoms with E-state index in [4.69, 9.17) is 4.74 Å². The molecule has 1 N–H and O–H groups in total. The first-order valence-corrected chi connectivity index (χ1v) is 8.35. The number of carbonyl (C=O) groups is 1. The molecule has 24 heavy (non-hydrogen) atoms. The first-order valence-electron chi connectivity index (χ1n) is 8.35. The van der Waals surface area contributed by atoms with Gasteiger partial charge in [-0.25, -0.2) is 0 Å². The van der Waals surface area contributed by atoms with Crippen LogP contribution in [0.1, 0.15) is 19.3 Å². The molecular formula is C16H26Cl2N4O2. The Morgan fingerprint density at radius 1 is 1.33 bits per heavy atom. The van der Waals surface area contributed by atoms with Crippen molar-refractivity contribution in [1.29, 1.82) is 0 Å². The van der Waals surface area contributed by atoms with Crippen LogP contribution in [0.25, 0.3) is 0 Å². The Morgan fingerprint density at radius 3 is 2.83 bits per heavy atom. The Labute approximate surface area is 155 Å². The third-order valence-electron chi connectivity index (χ3n) is 5.49. The minimum atomic E-state index is 0. The van der Waals surface area contributed by atoms with Gasteiger partial charge in [0, 0.05) is 31.4 Å². The van der Waals surface area contributed by atoms with E-state index >= 15 is 0 Å². The number of rotatable bonds is 3. The lowest BCUT2D eigenvalue weighted by molar-refractivity contribution is -0.141. The van der Waals surface area contributed by atoms with E-state index in [1.165, 1.54) is 0 Å². The number of nitrogens with zero attached hydrogens (tertiary/aromatic N) is 3. The Balaban J connectivity index is 0.00000104. The third-order valence-corrected chi connectivity index (χ3v) is 5.49. The zero-order valence-electron chi connectivity index (χ0n) is 13.7. The molecule has 3 fully saturated rings. The van der Waals surface area contributed by atoms with Crippen LogP contribution in [-0.4, -0.2) is 59.5 Å². The zero-order chi connectivity index (χ0) is 15.0. The average molecular weight is 377 g/mol. The van der Waals surface area contributed by atoms with E-state index in [9.17, 15) is 4.79 Å². The van der Waals surface area contributed by atoms with Gasteiger partial charge in [0.2, 0.25) is 5.91 Å². The van der Waals surface area contributed by atoms with Crippen LogP contribution in [0.15, 0.2) is 18.5 Å². The molecule has 0 radical (unpaired) electrons. The van der Waals surface area contributed by atoms with Gasteiger partial charge in [0.15, 0.2) is 0 Å². The fourth-order valence-electron chi connectivity index (χ4n) is 4.04. The SMILES string of the molecule is Cl.Cl.O=C(C1CC12CCNCC2)N1CCOC(Cn2cccn2)C1. The number of hydrogen-bond acceptors (Lipinski definition) is 4. The number of morpholine rings is 1. The van der Waals surface area contributed by atoms with Crippen LogP contribution in [0.5, 0.6) is 0 Å². The van der Waals surface area contributed by atoms with E-state index in [0.717, 1.165) is 45.4 Å². The molecular weight excluding hydrogens is 351 g/mol. The molecule has 0 aromatic carbocycles. The molecule has 4 rings (SSSR count). The molecule has 1 amide bonds. The van der Waals surface area contributed by atoms with Crippen molar-refractivity contribution in [2.24, 2.45) is 11.3 Å². The molecule has 3 heterocycles. The van der Waals surface area contributed by atoms with Gasteiger partial charge < -0.3 is 15.0 Å². The fraction of sp³-hybridized carbons (Fsp3) is 0.750. The molecule has 2 atom stereocenters. The topological polar surface area (TPSA) is 59.4 Å². The van der Waals surface area contributed by atoms with Crippen molar-refractivity contribution in [3.8, 4) is 0 Å². The lowest BCUT2D eigenvalue weighted by Crippen LogP contribution is -2.48. The maximum atomic E-state index is 12.8. The molecule has 3 aliphatic rings. The number of ether oxygens (including phenoxy) is 1. The Morgan fingerprint density at radius 2 is 2.12 bits per heavy atom. The van der Waals surface area contributed by atoms with Crippen molar-refractivity contribution in [3.05, 3.63) is 18.5 Å². The molecule has 8 heteroatoms. The highest BCUT2D eigenvalue weighted by Crippen LogP contribution is 2.59. The van der Waals surface area contributed by atoms with Crippen LogP contribution in [-0.2, 0) is 16.1 Å². The van der Waals surface area contributed by atoms with Crippen molar-refractivity contribution >= 4 is 30.7 Å². The van der Waals surface area contributed by atoms with Gasteiger partial charge >= 0.3 is 0 Å². The fourth-order valence-corrected chi connectivity index (χ4v) is 4.04. The summed E-state index contributed by atoms with van der Waals surface area (Å²) in [7, 11) is 0. The predicted octanol–water partition coefficient (Wildman–Crippen LogP) is 1.34. The molecule has 1 aliphatic carbocycles. The molecule has 0 bridgehead atoms. The van der Waals surface area contributed by atoms with E-state index in [0.29, 0.717) is 24.5 Å². The maximum Gasteiger partial charge on any atom is 0.226 e. The van der Waals surface area contributed by atoms with Gasteiger partial charge in [0.25, 0.3) is 0 Å². The highest BCUT2D eigenvalue weighted by Gasteiger charge is 2.58. The van der Waals surface area contributed by atoms with Crippen molar-refractivity contribution in [3.63, 3.8) is 0 Å². The molecule has 1 saturated carbocycles. The zero-order valence-corrected chi connectivity index (χ0v) is 15.4. The summed E-state index contributed by atoms with van der Waals surface area (Å²) in [5.41, 5.74) is 0.318. The standard InChI is InChI=1S/C16H24N4O2.2ClH/c21-15(14-10-16(14)2-5-17-6-3-16)19-8-9-22-13(11-19)12-20-7-1-4-18-20;;/h1,4,7,13-14,17H,2-3,5-6,8-12H2;2*1H. The lowest BCUT2D eigenvalue weighted by Gasteiger charge is -2.34. The maximum absolute atomic E-state index is 12.8. The van der Waals surface area contributed by atoms with E-state index < -0.39 is 0 Å². The largest absolute Gasteiger partial charge is 0.373 e. The molecule has 2 aliphatic heterocycles. The summed E-state index contributed by atoms with van der Waals surface area (Å²) in [5.74, 6) is 0.619. The molecule has 1 aromatic heterocycles. The quantitative estimate of drug-likeness (QED) is 0.864. The van der Waals surface area contributed by atoms with Gasteiger partial charge in [-0.05, 0) is 43.8 Å². The summed E-state index contributed by atoms with van der Waals surface area (Å²) in [6.45, 7) is 4.92. The summed E-state index contributed by atoms with van der Waals surface area (Å²) in [4.78, 5) is 14.8. The second-order valence-corrected chi connectivity index (χ2v) is 6.87. The van der Waals surface area contributed by atoms with Crippen molar-refractivity contribution < 1.29 is 9.53 Å². The number of halogens is 2. The van der Waals surface area contributed by atoms with E-state index in [-0.39, 0.29) is 36.8 Å². The lowest BCUT2D eigenvalue weighted by atomic mass is 9.91. The minimum absolute atomic E-state index is 0. The van der Waals surface area contributed by atoms with E-state index in [2.05, 4.69) is 10.4 Å². The van der Waals surface area contributed by atoms with Crippen LogP contribution < -0.4 is 5.32 Å². The summed E-state index contributed by atoms with van der Waals surface area (Å²) >= 11 is 0. The van der Waals surface area contributed by atoms with Gasteiger partial charge in [-0.2, -0.15) is 5.10 Å². The smallest absolute Gasteiger partial charge is 0.226 e. The number of hydrogen-bond donors (Lipinski definition) is 1. The Bertz CT molecular complexity index is 534. The number of amides is 1.